The predicted octanol–water partition coefficient (Wildman–Crippen LogP) is 4.09. The molecule has 0 unspecified atom stereocenters. The van der Waals surface area contributed by atoms with Crippen molar-refractivity contribution < 1.29 is 0 Å². The summed E-state index contributed by atoms with van der Waals surface area (Å²) in [5.41, 5.74) is 5.24. The van der Waals surface area contributed by atoms with Crippen molar-refractivity contribution in [3.8, 4) is 16.9 Å². The Morgan fingerprint density at radius 3 is 2.81 bits per heavy atom. The van der Waals surface area contributed by atoms with Crippen LogP contribution in [-0.2, 0) is 6.42 Å². The molecule has 3 heterocycles. The number of benzene rings is 1. The summed E-state index contributed by atoms with van der Waals surface area (Å²) in [6.45, 7) is 4.20. The smallest absolute Gasteiger partial charge is 0.156 e. The van der Waals surface area contributed by atoms with Gasteiger partial charge in [0.2, 0.25) is 0 Å². The van der Waals surface area contributed by atoms with Gasteiger partial charge in [0.05, 0.1) is 11.4 Å². The molecule has 1 aliphatic rings. The van der Waals surface area contributed by atoms with E-state index < -0.39 is 0 Å². The molecule has 0 atom stereocenters. The van der Waals surface area contributed by atoms with Crippen LogP contribution in [0.3, 0.4) is 0 Å². The van der Waals surface area contributed by atoms with Gasteiger partial charge >= 0.3 is 0 Å². The van der Waals surface area contributed by atoms with E-state index in [-0.39, 0.29) is 0 Å². The van der Waals surface area contributed by atoms with Crippen LogP contribution in [0.1, 0.15) is 18.7 Å². The van der Waals surface area contributed by atoms with Crippen LogP contribution < -0.4 is 0 Å². The molecule has 0 amide bonds. The summed E-state index contributed by atoms with van der Waals surface area (Å²) >= 11 is 0. The summed E-state index contributed by atoms with van der Waals surface area (Å²) < 4.78 is 3.79. The normalized spacial score (nSPS) is 14.0. The van der Waals surface area contributed by atoms with Gasteiger partial charge in [0, 0.05) is 24.4 Å². The molecule has 1 saturated carbocycles. The highest BCUT2D eigenvalue weighted by molar-refractivity contribution is 5.65. The number of pyridine rings is 1. The molecule has 0 radical (unpaired) electrons. The van der Waals surface area contributed by atoms with E-state index in [0.29, 0.717) is 5.92 Å². The van der Waals surface area contributed by atoms with Gasteiger partial charge < -0.3 is 0 Å². The summed E-state index contributed by atoms with van der Waals surface area (Å²) in [6, 6.07) is 16.3. The number of fused-ring (bicyclic) bond motifs is 1. The maximum Gasteiger partial charge on any atom is 0.156 e. The highest BCUT2D eigenvalue weighted by atomic mass is 15.3. The van der Waals surface area contributed by atoms with Gasteiger partial charge in [-0.1, -0.05) is 30.4 Å². The molecule has 4 aromatic rings. The van der Waals surface area contributed by atoms with Crippen LogP contribution in [0.5, 0.6) is 0 Å². The van der Waals surface area contributed by atoms with Gasteiger partial charge in [-0.15, -0.1) is 0 Å². The van der Waals surface area contributed by atoms with Crippen LogP contribution in [-0.4, -0.2) is 24.4 Å². The fourth-order valence-corrected chi connectivity index (χ4v) is 3.31. The number of hydrogen-bond acceptors (Lipinski definition) is 3. The van der Waals surface area contributed by atoms with E-state index in [2.05, 4.69) is 29.9 Å². The Labute approximate surface area is 151 Å². The van der Waals surface area contributed by atoms with E-state index in [1.165, 1.54) is 18.4 Å². The van der Waals surface area contributed by atoms with Crippen molar-refractivity contribution >= 4 is 5.65 Å². The summed E-state index contributed by atoms with van der Waals surface area (Å²) in [7, 11) is 0. The maximum absolute atomic E-state index is 4.75. The lowest BCUT2D eigenvalue weighted by atomic mass is 10.1. The lowest BCUT2D eigenvalue weighted by Gasteiger charge is -2.07. The Kier molecular flexibility index (Phi) is 3.45. The van der Waals surface area contributed by atoms with E-state index in [1.54, 1.807) is 6.20 Å². The van der Waals surface area contributed by atoms with Gasteiger partial charge in [-0.2, -0.15) is 10.2 Å². The average molecular weight is 341 g/mol. The van der Waals surface area contributed by atoms with Crippen LogP contribution >= 0.6 is 0 Å². The number of allylic oxidation sites excluding steroid dienone is 1. The van der Waals surface area contributed by atoms with Crippen LogP contribution in [0.4, 0.5) is 0 Å². The van der Waals surface area contributed by atoms with Crippen LogP contribution in [0, 0.1) is 5.92 Å². The highest BCUT2D eigenvalue weighted by Crippen LogP contribution is 2.36. The SMILES string of the molecule is C=C(Cc1nc2cccc(-c3cccc(-n4cccn4)c3)n2n1)C1CC1. The quantitative estimate of drug-likeness (QED) is 0.514. The molecule has 26 heavy (non-hydrogen) atoms. The molecule has 128 valence electrons. The van der Waals surface area contributed by atoms with Gasteiger partial charge in [0.1, 0.15) is 0 Å². The zero-order valence-electron chi connectivity index (χ0n) is 14.4. The average Bonchev–Trinajstić information content (AvgIpc) is 3.21. The molecule has 1 fully saturated rings. The van der Waals surface area contributed by atoms with Crippen LogP contribution in [0.2, 0.25) is 0 Å². The van der Waals surface area contributed by atoms with Crippen molar-refractivity contribution in [3.05, 3.63) is 78.9 Å². The summed E-state index contributed by atoms with van der Waals surface area (Å²) in [6.07, 6.45) is 7.01. The van der Waals surface area contributed by atoms with Crippen LogP contribution in [0.15, 0.2) is 73.1 Å². The third-order valence-electron chi connectivity index (χ3n) is 4.85. The van der Waals surface area contributed by atoms with Crippen LogP contribution in [0.25, 0.3) is 22.6 Å². The summed E-state index contributed by atoms with van der Waals surface area (Å²) in [5, 5.41) is 9.07. The zero-order chi connectivity index (χ0) is 17.5. The third kappa shape index (κ3) is 2.71. The van der Waals surface area contributed by atoms with Gasteiger partial charge in [-0.3, -0.25) is 0 Å². The fourth-order valence-electron chi connectivity index (χ4n) is 3.31. The standard InChI is InChI=1S/C21H19N5/c1-15(16-9-10-16)13-20-23-21-8-3-7-19(26(21)24-20)17-5-2-6-18(14-17)25-12-4-11-22-25/h2-8,11-12,14,16H,1,9-10,13H2. The second kappa shape index (κ2) is 5.95. The van der Waals surface area contributed by atoms with Crippen molar-refractivity contribution in [2.24, 2.45) is 5.92 Å². The Balaban J connectivity index is 1.55. The minimum atomic E-state index is 0.673. The molecular formula is C21H19N5. The Morgan fingerprint density at radius 1 is 1.12 bits per heavy atom. The van der Waals surface area contributed by atoms with E-state index in [1.807, 2.05) is 45.7 Å². The molecule has 0 N–H and O–H groups in total. The number of hydrogen-bond donors (Lipinski definition) is 0. The first-order valence-electron chi connectivity index (χ1n) is 8.91. The zero-order valence-corrected chi connectivity index (χ0v) is 14.4. The molecular weight excluding hydrogens is 322 g/mol. The number of nitrogens with zero attached hydrogens (tertiary/aromatic N) is 5. The molecule has 1 aromatic carbocycles. The molecule has 0 saturated heterocycles. The topological polar surface area (TPSA) is 48.0 Å². The van der Waals surface area contributed by atoms with Crippen molar-refractivity contribution in [2.75, 3.05) is 0 Å². The first-order chi connectivity index (χ1) is 12.8. The molecule has 0 bridgehead atoms. The van der Waals surface area contributed by atoms with Gasteiger partial charge in [0.25, 0.3) is 0 Å². The predicted molar refractivity (Wildman–Crippen MR) is 101 cm³/mol. The first kappa shape index (κ1) is 15.1. The second-order valence-electron chi connectivity index (χ2n) is 6.82. The lowest BCUT2D eigenvalue weighted by molar-refractivity contribution is 0.855. The fraction of sp³-hybridized carbons (Fsp3) is 0.190. The Bertz CT molecular complexity index is 1090. The lowest BCUT2D eigenvalue weighted by Crippen LogP contribution is -1.98. The Hall–Kier alpha value is -3.21. The molecule has 5 heteroatoms. The van der Waals surface area contributed by atoms with Crippen molar-refractivity contribution in [3.63, 3.8) is 0 Å². The minimum absolute atomic E-state index is 0.673. The van der Waals surface area contributed by atoms with Gasteiger partial charge in [-0.05, 0) is 49.1 Å². The Morgan fingerprint density at radius 2 is 2.00 bits per heavy atom. The molecule has 3 aromatic heterocycles. The largest absolute Gasteiger partial charge is 0.241 e. The molecule has 5 nitrogen and oxygen atoms in total. The minimum Gasteiger partial charge on any atom is -0.241 e. The molecule has 5 rings (SSSR count). The first-order valence-corrected chi connectivity index (χ1v) is 8.91. The van der Waals surface area contributed by atoms with E-state index in [9.17, 15) is 0 Å². The van der Waals surface area contributed by atoms with Crippen molar-refractivity contribution in [2.45, 2.75) is 19.3 Å². The van der Waals surface area contributed by atoms with E-state index in [4.69, 9.17) is 10.1 Å². The molecule has 0 aliphatic heterocycles. The van der Waals surface area contributed by atoms with Gasteiger partial charge in [0.15, 0.2) is 11.5 Å². The molecule has 1 aliphatic carbocycles. The van der Waals surface area contributed by atoms with E-state index in [0.717, 1.165) is 34.8 Å². The summed E-state index contributed by atoms with van der Waals surface area (Å²) in [4.78, 5) is 4.69. The third-order valence-corrected chi connectivity index (χ3v) is 4.85. The number of aromatic nitrogens is 5. The van der Waals surface area contributed by atoms with Crippen molar-refractivity contribution in [1.29, 1.82) is 0 Å². The summed E-state index contributed by atoms with van der Waals surface area (Å²) in [5.74, 6) is 1.52. The maximum atomic E-state index is 4.75. The van der Waals surface area contributed by atoms with Crippen molar-refractivity contribution in [1.82, 2.24) is 24.4 Å². The highest BCUT2D eigenvalue weighted by Gasteiger charge is 2.25. The van der Waals surface area contributed by atoms with E-state index >= 15 is 0 Å². The second-order valence-corrected chi connectivity index (χ2v) is 6.82. The van der Waals surface area contributed by atoms with Gasteiger partial charge in [-0.25, -0.2) is 14.2 Å². The monoisotopic (exact) mass is 341 g/mol. The number of rotatable bonds is 5. The molecule has 0 spiro atoms.